The summed E-state index contributed by atoms with van der Waals surface area (Å²) in [6.07, 6.45) is 6.80. The molecule has 1 N–H and O–H groups in total. The predicted molar refractivity (Wildman–Crippen MR) is 69.9 cm³/mol. The molecule has 1 aromatic rings. The lowest BCUT2D eigenvalue weighted by molar-refractivity contribution is 0.559. The van der Waals surface area contributed by atoms with E-state index in [-0.39, 0.29) is 0 Å². The van der Waals surface area contributed by atoms with Crippen LogP contribution in [0.5, 0.6) is 0 Å². The van der Waals surface area contributed by atoms with E-state index >= 15 is 0 Å². The minimum Gasteiger partial charge on any atom is -0.380 e. The Morgan fingerprint density at radius 1 is 1.38 bits per heavy atom. The molecule has 92 valence electrons. The van der Waals surface area contributed by atoms with Gasteiger partial charge >= 0.3 is 0 Å². The molecule has 0 amide bonds. The minimum absolute atomic E-state index is 0.535. The summed E-state index contributed by atoms with van der Waals surface area (Å²) in [4.78, 5) is 0. The largest absolute Gasteiger partial charge is 0.380 e. The molecule has 1 atom stereocenters. The number of nitrogens with zero attached hydrogens (tertiary/aromatic N) is 2. The first-order valence-electron chi connectivity index (χ1n) is 6.48. The first kappa shape index (κ1) is 13.1. The molecule has 0 aliphatic carbocycles. The van der Waals surface area contributed by atoms with E-state index in [9.17, 15) is 0 Å². The predicted octanol–water partition coefficient (Wildman–Crippen LogP) is 3.59. The van der Waals surface area contributed by atoms with Gasteiger partial charge in [0.25, 0.3) is 0 Å². The van der Waals surface area contributed by atoms with Gasteiger partial charge < -0.3 is 5.32 Å². The highest BCUT2D eigenvalue weighted by Crippen LogP contribution is 2.16. The molecule has 0 bridgehead atoms. The van der Waals surface area contributed by atoms with Gasteiger partial charge in [-0.1, -0.05) is 26.7 Å². The van der Waals surface area contributed by atoms with Crippen molar-refractivity contribution in [2.24, 2.45) is 0 Å². The lowest BCUT2D eigenvalue weighted by Gasteiger charge is -2.13. The lowest BCUT2D eigenvalue weighted by atomic mass is 10.2. The van der Waals surface area contributed by atoms with E-state index in [1.165, 1.54) is 37.1 Å². The third kappa shape index (κ3) is 3.54. The molecular formula is C13H25N3. The molecule has 16 heavy (non-hydrogen) atoms. The molecule has 0 aliphatic rings. The molecule has 1 heterocycles. The lowest BCUT2D eigenvalue weighted by Crippen LogP contribution is -2.15. The average molecular weight is 223 g/mol. The topological polar surface area (TPSA) is 29.9 Å². The Bertz CT molecular complexity index is 304. The van der Waals surface area contributed by atoms with E-state index in [0.29, 0.717) is 6.04 Å². The Balaban J connectivity index is 2.57. The third-order valence-electron chi connectivity index (χ3n) is 2.95. The quantitative estimate of drug-likeness (QED) is 0.765. The zero-order valence-corrected chi connectivity index (χ0v) is 11.1. The Morgan fingerprint density at radius 3 is 2.75 bits per heavy atom. The van der Waals surface area contributed by atoms with Crippen LogP contribution in [-0.2, 0) is 6.54 Å². The summed E-state index contributed by atoms with van der Waals surface area (Å²) in [6.45, 7) is 9.83. The number of anilines is 1. The van der Waals surface area contributed by atoms with Crippen LogP contribution in [0.3, 0.4) is 0 Å². The summed E-state index contributed by atoms with van der Waals surface area (Å²) >= 11 is 0. The highest BCUT2D eigenvalue weighted by molar-refractivity contribution is 5.46. The second-order valence-electron chi connectivity index (χ2n) is 4.55. The summed E-state index contributed by atoms with van der Waals surface area (Å²) < 4.78 is 2.10. The van der Waals surface area contributed by atoms with Crippen molar-refractivity contribution in [3.05, 3.63) is 11.9 Å². The van der Waals surface area contributed by atoms with Crippen molar-refractivity contribution >= 4 is 5.69 Å². The van der Waals surface area contributed by atoms with Gasteiger partial charge in [0.2, 0.25) is 0 Å². The number of nitrogens with one attached hydrogen (secondary N) is 1. The van der Waals surface area contributed by atoms with Crippen molar-refractivity contribution in [2.75, 3.05) is 5.32 Å². The Kier molecular flexibility index (Phi) is 5.36. The molecule has 1 unspecified atom stereocenters. The van der Waals surface area contributed by atoms with Gasteiger partial charge in [-0.2, -0.15) is 5.10 Å². The molecule has 0 radical (unpaired) electrons. The Labute approximate surface area is 99.2 Å². The van der Waals surface area contributed by atoms with Crippen molar-refractivity contribution in [2.45, 2.75) is 66.0 Å². The summed E-state index contributed by atoms with van der Waals surface area (Å²) in [5.41, 5.74) is 2.45. The van der Waals surface area contributed by atoms with Crippen LogP contribution in [0, 0.1) is 6.92 Å². The number of hydrogen-bond acceptors (Lipinski definition) is 2. The van der Waals surface area contributed by atoms with Crippen molar-refractivity contribution in [3.63, 3.8) is 0 Å². The molecule has 0 aliphatic heterocycles. The first-order valence-corrected chi connectivity index (χ1v) is 6.48. The van der Waals surface area contributed by atoms with E-state index in [2.05, 4.69) is 42.8 Å². The number of hydrogen-bond donors (Lipinski definition) is 1. The van der Waals surface area contributed by atoms with E-state index in [4.69, 9.17) is 0 Å². The number of unbranched alkanes of at least 4 members (excludes halogenated alkanes) is 1. The van der Waals surface area contributed by atoms with Gasteiger partial charge in [-0.25, -0.2) is 0 Å². The highest BCUT2D eigenvalue weighted by Gasteiger charge is 2.08. The molecule has 1 rings (SSSR count). The number of aryl methyl sites for hydroxylation is 1. The van der Waals surface area contributed by atoms with E-state index in [0.717, 1.165) is 6.54 Å². The van der Waals surface area contributed by atoms with Crippen LogP contribution in [-0.4, -0.2) is 15.8 Å². The van der Waals surface area contributed by atoms with Crippen molar-refractivity contribution in [1.29, 1.82) is 0 Å². The molecule has 0 saturated heterocycles. The van der Waals surface area contributed by atoms with Crippen LogP contribution in [0.15, 0.2) is 6.20 Å². The second-order valence-corrected chi connectivity index (χ2v) is 4.55. The van der Waals surface area contributed by atoms with Gasteiger partial charge in [-0.3, -0.25) is 4.68 Å². The van der Waals surface area contributed by atoms with Crippen LogP contribution in [0.2, 0.25) is 0 Å². The SMILES string of the molecule is CCCCn1ncc(NC(C)CCC)c1C. The van der Waals surface area contributed by atoms with E-state index < -0.39 is 0 Å². The Morgan fingerprint density at radius 2 is 2.12 bits per heavy atom. The van der Waals surface area contributed by atoms with Gasteiger partial charge in [0.05, 0.1) is 17.6 Å². The fourth-order valence-corrected chi connectivity index (χ4v) is 1.89. The van der Waals surface area contributed by atoms with Crippen molar-refractivity contribution < 1.29 is 0 Å². The number of aromatic nitrogens is 2. The highest BCUT2D eigenvalue weighted by atomic mass is 15.3. The minimum atomic E-state index is 0.535. The summed E-state index contributed by atoms with van der Waals surface area (Å²) in [5.74, 6) is 0. The first-order chi connectivity index (χ1) is 7.69. The third-order valence-corrected chi connectivity index (χ3v) is 2.95. The molecule has 1 aromatic heterocycles. The molecule has 0 spiro atoms. The van der Waals surface area contributed by atoms with Gasteiger partial charge in [0, 0.05) is 12.6 Å². The van der Waals surface area contributed by atoms with Crippen LogP contribution < -0.4 is 5.32 Å². The maximum Gasteiger partial charge on any atom is 0.0758 e. The summed E-state index contributed by atoms with van der Waals surface area (Å²) in [5, 5.41) is 7.95. The molecular weight excluding hydrogens is 198 g/mol. The monoisotopic (exact) mass is 223 g/mol. The smallest absolute Gasteiger partial charge is 0.0758 e. The van der Waals surface area contributed by atoms with Gasteiger partial charge in [-0.15, -0.1) is 0 Å². The fourth-order valence-electron chi connectivity index (χ4n) is 1.89. The van der Waals surface area contributed by atoms with Gasteiger partial charge in [0.15, 0.2) is 0 Å². The normalized spacial score (nSPS) is 12.8. The fraction of sp³-hybridized carbons (Fsp3) is 0.769. The zero-order chi connectivity index (χ0) is 12.0. The summed E-state index contributed by atoms with van der Waals surface area (Å²) in [7, 11) is 0. The molecule has 0 fully saturated rings. The van der Waals surface area contributed by atoms with E-state index in [1.54, 1.807) is 0 Å². The van der Waals surface area contributed by atoms with E-state index in [1.807, 2.05) is 6.20 Å². The van der Waals surface area contributed by atoms with Gasteiger partial charge in [-0.05, 0) is 26.7 Å². The Hall–Kier alpha value is -0.990. The maximum atomic E-state index is 4.42. The standard InChI is InChI=1S/C13H25N3/c1-5-7-9-16-12(4)13(10-14-16)15-11(3)8-6-2/h10-11,15H,5-9H2,1-4H3. The molecule has 3 heteroatoms. The van der Waals surface area contributed by atoms with Crippen molar-refractivity contribution in [1.82, 2.24) is 9.78 Å². The average Bonchev–Trinajstić information content (AvgIpc) is 2.58. The zero-order valence-electron chi connectivity index (χ0n) is 11.1. The molecule has 0 saturated carbocycles. The van der Waals surface area contributed by atoms with Crippen LogP contribution in [0.25, 0.3) is 0 Å². The number of rotatable bonds is 7. The van der Waals surface area contributed by atoms with Crippen molar-refractivity contribution in [3.8, 4) is 0 Å². The second kappa shape index (κ2) is 6.56. The summed E-state index contributed by atoms with van der Waals surface area (Å²) in [6, 6.07) is 0.535. The molecule has 3 nitrogen and oxygen atoms in total. The maximum absolute atomic E-state index is 4.42. The van der Waals surface area contributed by atoms with Gasteiger partial charge in [0.1, 0.15) is 0 Å². The van der Waals surface area contributed by atoms with Crippen LogP contribution in [0.1, 0.15) is 52.1 Å². The van der Waals surface area contributed by atoms with Crippen LogP contribution >= 0.6 is 0 Å². The van der Waals surface area contributed by atoms with Crippen LogP contribution in [0.4, 0.5) is 5.69 Å². The molecule has 0 aromatic carbocycles.